The Balaban J connectivity index is 2.30. The summed E-state index contributed by atoms with van der Waals surface area (Å²) < 4.78 is 13.3. The van der Waals surface area contributed by atoms with E-state index in [1.807, 2.05) is 0 Å². The van der Waals surface area contributed by atoms with Crippen molar-refractivity contribution in [2.45, 2.75) is 6.04 Å². The van der Waals surface area contributed by atoms with Crippen LogP contribution in [-0.2, 0) is 0 Å². The van der Waals surface area contributed by atoms with Crippen molar-refractivity contribution < 1.29 is 4.39 Å². The molecule has 0 amide bonds. The molecule has 2 nitrogen and oxygen atoms in total. The summed E-state index contributed by atoms with van der Waals surface area (Å²) in [6.07, 6.45) is 0. The highest BCUT2D eigenvalue weighted by Crippen LogP contribution is 2.28. The van der Waals surface area contributed by atoms with Crippen LogP contribution >= 0.6 is 23.2 Å². The van der Waals surface area contributed by atoms with Crippen LogP contribution in [0.1, 0.15) is 11.6 Å². The van der Waals surface area contributed by atoms with Gasteiger partial charge < -0.3 is 10.6 Å². The van der Waals surface area contributed by atoms with Crippen LogP contribution in [0, 0.1) is 5.82 Å². The zero-order valence-electron chi connectivity index (χ0n) is 7.99. The highest BCUT2D eigenvalue weighted by molar-refractivity contribution is 6.35. The quantitative estimate of drug-likeness (QED) is 0.746. The summed E-state index contributed by atoms with van der Waals surface area (Å²) in [5, 5.41) is 7.05. The Bertz CT molecular complexity index is 365. The molecule has 1 atom stereocenters. The molecule has 0 bridgehead atoms. The second kappa shape index (κ2) is 4.66. The second-order valence-electron chi connectivity index (χ2n) is 3.50. The van der Waals surface area contributed by atoms with E-state index in [9.17, 15) is 4.39 Å². The van der Waals surface area contributed by atoms with Gasteiger partial charge in [0.25, 0.3) is 0 Å². The average molecular weight is 249 g/mol. The summed E-state index contributed by atoms with van der Waals surface area (Å²) in [5.74, 6) is -0.427. The number of piperazine rings is 1. The minimum absolute atomic E-state index is 0.0537. The third-order valence-electron chi connectivity index (χ3n) is 2.46. The zero-order chi connectivity index (χ0) is 10.8. The molecular formula is C10H11Cl2FN2. The van der Waals surface area contributed by atoms with E-state index < -0.39 is 5.82 Å². The van der Waals surface area contributed by atoms with Crippen LogP contribution in [-0.4, -0.2) is 19.6 Å². The van der Waals surface area contributed by atoms with E-state index in [1.54, 1.807) is 0 Å². The third-order valence-corrected chi connectivity index (χ3v) is 3.07. The monoisotopic (exact) mass is 248 g/mol. The van der Waals surface area contributed by atoms with Crippen LogP contribution in [0.4, 0.5) is 4.39 Å². The third kappa shape index (κ3) is 2.42. The van der Waals surface area contributed by atoms with Gasteiger partial charge in [-0.25, -0.2) is 4.39 Å². The van der Waals surface area contributed by atoms with E-state index in [1.165, 1.54) is 12.1 Å². The van der Waals surface area contributed by atoms with E-state index in [4.69, 9.17) is 23.2 Å². The van der Waals surface area contributed by atoms with Gasteiger partial charge in [-0.2, -0.15) is 0 Å². The predicted octanol–water partition coefficient (Wildman–Crippen LogP) is 2.37. The first-order valence-corrected chi connectivity index (χ1v) is 5.52. The first kappa shape index (κ1) is 11.1. The Morgan fingerprint density at radius 2 is 2.00 bits per heavy atom. The van der Waals surface area contributed by atoms with Crippen LogP contribution in [0.15, 0.2) is 12.1 Å². The summed E-state index contributed by atoms with van der Waals surface area (Å²) in [4.78, 5) is 0. The second-order valence-corrected chi connectivity index (χ2v) is 4.31. The molecule has 0 aliphatic carbocycles. The number of hydrogen-bond donors (Lipinski definition) is 2. The van der Waals surface area contributed by atoms with E-state index >= 15 is 0 Å². The summed E-state index contributed by atoms with van der Waals surface area (Å²) in [6.45, 7) is 2.52. The van der Waals surface area contributed by atoms with Crippen LogP contribution < -0.4 is 10.6 Å². The van der Waals surface area contributed by atoms with Gasteiger partial charge in [-0.15, -0.1) is 0 Å². The largest absolute Gasteiger partial charge is 0.314 e. The van der Waals surface area contributed by atoms with Gasteiger partial charge in [0.1, 0.15) is 5.82 Å². The molecule has 1 fully saturated rings. The lowest BCUT2D eigenvalue weighted by Crippen LogP contribution is -2.42. The summed E-state index contributed by atoms with van der Waals surface area (Å²) in [7, 11) is 0. The smallest absolute Gasteiger partial charge is 0.142 e. The molecule has 0 spiro atoms. The molecular weight excluding hydrogens is 238 g/mol. The van der Waals surface area contributed by atoms with Gasteiger partial charge in [0.2, 0.25) is 0 Å². The molecule has 15 heavy (non-hydrogen) atoms. The van der Waals surface area contributed by atoms with Crippen LogP contribution in [0.5, 0.6) is 0 Å². The minimum Gasteiger partial charge on any atom is -0.314 e. The fourth-order valence-electron chi connectivity index (χ4n) is 1.68. The van der Waals surface area contributed by atoms with E-state index in [-0.39, 0.29) is 11.1 Å². The van der Waals surface area contributed by atoms with Crippen molar-refractivity contribution in [2.75, 3.05) is 19.6 Å². The topological polar surface area (TPSA) is 24.1 Å². The van der Waals surface area contributed by atoms with Gasteiger partial charge in [0.15, 0.2) is 0 Å². The molecule has 1 aliphatic heterocycles. The SMILES string of the molecule is Fc1cc([C@@H]2CNCCN2)c(Cl)cc1Cl. The first-order chi connectivity index (χ1) is 7.18. The van der Waals surface area contributed by atoms with Crippen molar-refractivity contribution in [1.82, 2.24) is 10.6 Å². The minimum atomic E-state index is -0.427. The van der Waals surface area contributed by atoms with Crippen molar-refractivity contribution in [3.63, 3.8) is 0 Å². The number of hydrogen-bond acceptors (Lipinski definition) is 2. The molecule has 0 radical (unpaired) electrons. The van der Waals surface area contributed by atoms with Gasteiger partial charge in [-0.05, 0) is 17.7 Å². The number of benzene rings is 1. The summed E-state index contributed by atoms with van der Waals surface area (Å²) in [5.41, 5.74) is 0.755. The molecule has 5 heteroatoms. The number of rotatable bonds is 1. The fraction of sp³-hybridized carbons (Fsp3) is 0.400. The maximum atomic E-state index is 13.3. The summed E-state index contributed by atoms with van der Waals surface area (Å²) in [6, 6.07) is 2.90. The molecule has 0 unspecified atom stereocenters. The van der Waals surface area contributed by atoms with Crippen LogP contribution in [0.2, 0.25) is 10.0 Å². The molecule has 1 saturated heterocycles. The maximum absolute atomic E-state index is 13.3. The van der Waals surface area contributed by atoms with Gasteiger partial charge in [0.05, 0.1) is 5.02 Å². The molecule has 0 aromatic heterocycles. The fourth-order valence-corrected chi connectivity index (χ4v) is 2.19. The van der Waals surface area contributed by atoms with Gasteiger partial charge in [0, 0.05) is 30.7 Å². The molecule has 1 aromatic rings. The molecule has 2 N–H and O–H groups in total. The average Bonchev–Trinajstić information content (AvgIpc) is 2.25. The van der Waals surface area contributed by atoms with Gasteiger partial charge in [-0.1, -0.05) is 23.2 Å². The molecule has 1 aliphatic rings. The van der Waals surface area contributed by atoms with Crippen molar-refractivity contribution >= 4 is 23.2 Å². The van der Waals surface area contributed by atoms with Crippen LogP contribution in [0.3, 0.4) is 0 Å². The predicted molar refractivity (Wildman–Crippen MR) is 60.0 cm³/mol. The molecule has 0 saturated carbocycles. The van der Waals surface area contributed by atoms with Crippen LogP contribution in [0.25, 0.3) is 0 Å². The van der Waals surface area contributed by atoms with Crippen molar-refractivity contribution in [3.8, 4) is 0 Å². The van der Waals surface area contributed by atoms with Crippen molar-refractivity contribution in [1.29, 1.82) is 0 Å². The molecule has 2 rings (SSSR count). The lowest BCUT2D eigenvalue weighted by Gasteiger charge is -2.25. The first-order valence-electron chi connectivity index (χ1n) is 4.77. The number of halogens is 3. The number of nitrogens with one attached hydrogen (secondary N) is 2. The Kier molecular flexibility index (Phi) is 3.46. The molecule has 1 heterocycles. The highest BCUT2D eigenvalue weighted by atomic mass is 35.5. The molecule has 82 valence electrons. The van der Waals surface area contributed by atoms with Gasteiger partial charge in [-0.3, -0.25) is 0 Å². The van der Waals surface area contributed by atoms with Gasteiger partial charge >= 0.3 is 0 Å². The normalized spacial score (nSPS) is 21.7. The van der Waals surface area contributed by atoms with E-state index in [2.05, 4.69) is 10.6 Å². The summed E-state index contributed by atoms with van der Waals surface area (Å²) >= 11 is 11.6. The van der Waals surface area contributed by atoms with Crippen molar-refractivity contribution in [2.24, 2.45) is 0 Å². The highest BCUT2D eigenvalue weighted by Gasteiger charge is 2.18. The lowest BCUT2D eigenvalue weighted by molar-refractivity contribution is 0.429. The standard InChI is InChI=1S/C10H11Cl2FN2/c11-7-4-8(12)9(13)3-6(7)10-5-14-1-2-15-10/h3-4,10,14-15H,1-2,5H2/t10-/m0/s1. The Morgan fingerprint density at radius 1 is 1.20 bits per heavy atom. The zero-order valence-corrected chi connectivity index (χ0v) is 9.50. The van der Waals surface area contributed by atoms with Crippen molar-refractivity contribution in [3.05, 3.63) is 33.6 Å². The Hall–Kier alpha value is -0.350. The maximum Gasteiger partial charge on any atom is 0.142 e. The van der Waals surface area contributed by atoms with E-state index in [0.29, 0.717) is 5.02 Å². The Morgan fingerprint density at radius 3 is 2.67 bits per heavy atom. The van der Waals surface area contributed by atoms with E-state index in [0.717, 1.165) is 25.2 Å². The molecule has 1 aromatic carbocycles. The Labute approximate surface area is 97.8 Å². The lowest BCUT2D eigenvalue weighted by atomic mass is 10.1.